The first-order valence-electron chi connectivity index (χ1n) is 13.0. The number of phenols is 13. The second-order valence-electron chi connectivity index (χ2n) is 10.2. The van der Waals surface area contributed by atoms with E-state index in [1.165, 1.54) is 12.1 Å². The molecule has 13 N–H and O–H groups in total. The van der Waals surface area contributed by atoms with Crippen LogP contribution < -0.4 is 0 Å². The van der Waals surface area contributed by atoms with E-state index in [-0.39, 0.29) is 11.1 Å². The first-order valence-corrected chi connectivity index (χ1v) is 13.0. The SMILES string of the molecule is Oc1cc(O)c(C(c2ccc(O)c(O)c2)c2c(O)cc(O)c(C(c3ccc(O)c(O)c3)c3c(O)cc(O)cc3O)c2O)c(O)c1. The summed E-state index contributed by atoms with van der Waals surface area (Å²) in [5.41, 5.74) is -1.94. The van der Waals surface area contributed by atoms with Gasteiger partial charge < -0.3 is 66.4 Å². The van der Waals surface area contributed by atoms with Crippen molar-refractivity contribution in [3.63, 3.8) is 0 Å². The molecule has 0 amide bonds. The average Bonchev–Trinajstić information content (AvgIpc) is 2.93. The van der Waals surface area contributed by atoms with Gasteiger partial charge in [0.25, 0.3) is 0 Å². The molecule has 0 aromatic heterocycles. The van der Waals surface area contributed by atoms with Gasteiger partial charge in [0.1, 0.15) is 51.7 Å². The Morgan fingerprint density at radius 2 is 0.600 bits per heavy atom. The van der Waals surface area contributed by atoms with E-state index in [9.17, 15) is 66.4 Å². The summed E-state index contributed by atoms with van der Waals surface area (Å²) < 4.78 is 0. The third-order valence-corrected chi connectivity index (χ3v) is 7.40. The molecule has 0 heterocycles. The number of rotatable bonds is 6. The molecule has 13 nitrogen and oxygen atoms in total. The number of hydrogen-bond acceptors (Lipinski definition) is 13. The van der Waals surface area contributed by atoms with Crippen LogP contribution in [-0.4, -0.2) is 66.4 Å². The molecular weight excluding hydrogens is 592 g/mol. The number of aromatic hydroxyl groups is 13. The Hall–Kier alpha value is -6.50. The Morgan fingerprint density at radius 3 is 0.911 bits per heavy atom. The number of phenolic OH excluding ortho intramolecular Hbond substituents is 13. The van der Waals surface area contributed by atoms with E-state index in [0.717, 1.165) is 54.6 Å². The highest BCUT2D eigenvalue weighted by atomic mass is 16.3. The van der Waals surface area contributed by atoms with Crippen LogP contribution in [0.5, 0.6) is 74.7 Å². The molecule has 5 rings (SSSR count). The molecule has 5 aromatic carbocycles. The van der Waals surface area contributed by atoms with Crippen LogP contribution in [0.4, 0.5) is 0 Å². The van der Waals surface area contributed by atoms with Crippen molar-refractivity contribution in [2.24, 2.45) is 0 Å². The maximum Gasteiger partial charge on any atom is 0.157 e. The molecule has 0 bridgehead atoms. The highest BCUT2D eigenvalue weighted by Gasteiger charge is 2.36. The van der Waals surface area contributed by atoms with Gasteiger partial charge in [-0.2, -0.15) is 0 Å². The van der Waals surface area contributed by atoms with E-state index in [0.29, 0.717) is 0 Å². The van der Waals surface area contributed by atoms with Crippen LogP contribution in [0.25, 0.3) is 0 Å². The number of benzene rings is 5. The second-order valence-corrected chi connectivity index (χ2v) is 10.2. The summed E-state index contributed by atoms with van der Waals surface area (Å²) >= 11 is 0. The molecule has 232 valence electrons. The van der Waals surface area contributed by atoms with Crippen LogP contribution in [0, 0.1) is 0 Å². The van der Waals surface area contributed by atoms with Gasteiger partial charge in [0.2, 0.25) is 0 Å². The highest BCUT2D eigenvalue weighted by Crippen LogP contribution is 2.56. The zero-order valence-corrected chi connectivity index (χ0v) is 22.8. The topological polar surface area (TPSA) is 263 Å². The lowest BCUT2D eigenvalue weighted by Crippen LogP contribution is -2.10. The van der Waals surface area contributed by atoms with Crippen LogP contribution in [0.2, 0.25) is 0 Å². The molecule has 0 aliphatic rings. The smallest absolute Gasteiger partial charge is 0.157 e. The fourth-order valence-corrected chi connectivity index (χ4v) is 5.45. The predicted molar refractivity (Wildman–Crippen MR) is 156 cm³/mol. The minimum atomic E-state index is -1.60. The molecule has 0 spiro atoms. The Balaban J connectivity index is 1.91. The lowest BCUT2D eigenvalue weighted by atomic mass is 9.77. The lowest BCUT2D eigenvalue weighted by molar-refractivity contribution is 0.395. The average molecular weight is 619 g/mol. The van der Waals surface area contributed by atoms with Crippen LogP contribution in [0.1, 0.15) is 45.2 Å². The van der Waals surface area contributed by atoms with Crippen LogP contribution in [0.15, 0.2) is 66.7 Å². The normalized spacial score (nSPS) is 12.5. The summed E-state index contributed by atoms with van der Waals surface area (Å²) in [7, 11) is 0. The van der Waals surface area contributed by atoms with E-state index in [4.69, 9.17) is 0 Å². The van der Waals surface area contributed by atoms with E-state index in [1.54, 1.807) is 0 Å². The van der Waals surface area contributed by atoms with Gasteiger partial charge in [0.05, 0.1) is 0 Å². The zero-order chi connectivity index (χ0) is 32.9. The summed E-state index contributed by atoms with van der Waals surface area (Å²) in [4.78, 5) is 0. The zero-order valence-electron chi connectivity index (χ0n) is 22.8. The van der Waals surface area contributed by atoms with Gasteiger partial charge in [-0.1, -0.05) is 12.1 Å². The Bertz CT molecular complexity index is 1790. The number of hydrogen-bond donors (Lipinski definition) is 13. The van der Waals surface area contributed by atoms with Gasteiger partial charge in [-0.3, -0.25) is 0 Å². The molecule has 0 radical (unpaired) electrons. The van der Waals surface area contributed by atoms with E-state index >= 15 is 0 Å². The molecule has 13 heteroatoms. The van der Waals surface area contributed by atoms with E-state index < -0.39 is 109 Å². The van der Waals surface area contributed by atoms with Crippen LogP contribution in [0.3, 0.4) is 0 Å². The first kappa shape index (κ1) is 30.0. The Labute approximate surface area is 253 Å². The van der Waals surface area contributed by atoms with Gasteiger partial charge in [-0.15, -0.1) is 0 Å². The molecule has 0 saturated heterocycles. The van der Waals surface area contributed by atoms with Crippen molar-refractivity contribution in [3.8, 4) is 74.7 Å². The quantitative estimate of drug-likeness (QED) is 0.0940. The van der Waals surface area contributed by atoms with Crippen molar-refractivity contribution in [2.75, 3.05) is 0 Å². The fourth-order valence-electron chi connectivity index (χ4n) is 5.45. The summed E-state index contributed by atoms with van der Waals surface area (Å²) in [6.07, 6.45) is 0. The predicted octanol–water partition coefficient (Wildman–Crippen LogP) is 4.22. The molecule has 45 heavy (non-hydrogen) atoms. The minimum Gasteiger partial charge on any atom is -0.508 e. The summed E-state index contributed by atoms with van der Waals surface area (Å²) in [5.74, 6) is -12.2. The minimum absolute atomic E-state index is 0.0435. The maximum absolute atomic E-state index is 11.9. The summed E-state index contributed by atoms with van der Waals surface area (Å²) in [6.45, 7) is 0. The lowest BCUT2D eigenvalue weighted by Gasteiger charge is -2.28. The summed E-state index contributed by atoms with van der Waals surface area (Å²) in [5, 5.41) is 138. The standard InChI is InChI=1S/C32H26O13/c33-14-7-20(39)28(21(40)8-14)26(12-1-3-16(35)18(37)5-12)30-24(43)11-25(44)31(32(30)45)27(13-2-4-17(36)19(38)6-13)29-22(41)9-15(34)10-23(29)42/h1-11,26-27,33-45H. The first-order chi connectivity index (χ1) is 21.2. The van der Waals surface area contributed by atoms with Crippen LogP contribution >= 0.6 is 0 Å². The van der Waals surface area contributed by atoms with Crippen molar-refractivity contribution in [2.45, 2.75) is 11.8 Å². The van der Waals surface area contributed by atoms with Gasteiger partial charge in [-0.05, 0) is 35.4 Å². The van der Waals surface area contributed by atoms with E-state index in [2.05, 4.69) is 0 Å². The van der Waals surface area contributed by atoms with Gasteiger partial charge in [0, 0.05) is 64.4 Å². The maximum atomic E-state index is 11.9. The highest BCUT2D eigenvalue weighted by molar-refractivity contribution is 5.70. The molecule has 0 saturated carbocycles. The molecular formula is C32H26O13. The van der Waals surface area contributed by atoms with Crippen molar-refractivity contribution in [1.29, 1.82) is 0 Å². The largest absolute Gasteiger partial charge is 0.508 e. The monoisotopic (exact) mass is 618 g/mol. The van der Waals surface area contributed by atoms with Gasteiger partial charge in [0.15, 0.2) is 23.0 Å². The Morgan fingerprint density at radius 1 is 0.289 bits per heavy atom. The molecule has 5 aromatic rings. The van der Waals surface area contributed by atoms with Crippen molar-refractivity contribution in [1.82, 2.24) is 0 Å². The molecule has 2 atom stereocenters. The second kappa shape index (κ2) is 11.0. The van der Waals surface area contributed by atoms with Crippen molar-refractivity contribution >= 4 is 0 Å². The molecule has 0 fully saturated rings. The molecule has 2 unspecified atom stereocenters. The Kier molecular flexibility index (Phi) is 7.30. The van der Waals surface area contributed by atoms with Gasteiger partial charge in [-0.25, -0.2) is 0 Å². The van der Waals surface area contributed by atoms with Crippen molar-refractivity contribution < 1.29 is 66.4 Å². The third kappa shape index (κ3) is 5.18. The molecule has 0 aliphatic heterocycles. The third-order valence-electron chi connectivity index (χ3n) is 7.40. The van der Waals surface area contributed by atoms with E-state index in [1.807, 2.05) is 0 Å². The van der Waals surface area contributed by atoms with Gasteiger partial charge >= 0.3 is 0 Å². The van der Waals surface area contributed by atoms with Crippen LogP contribution in [-0.2, 0) is 0 Å². The summed E-state index contributed by atoms with van der Waals surface area (Å²) in [6, 6.07) is 10.7. The molecule has 0 aliphatic carbocycles. The van der Waals surface area contributed by atoms with Crippen molar-refractivity contribution in [3.05, 3.63) is 100 Å². The fraction of sp³-hybridized carbons (Fsp3) is 0.0625.